The normalized spacial score (nSPS) is 12.5. The summed E-state index contributed by atoms with van der Waals surface area (Å²) >= 11 is 0. The molecule has 0 heterocycles. The van der Waals surface area contributed by atoms with Gasteiger partial charge in [-0.15, -0.1) is 0 Å². The zero-order valence-corrected chi connectivity index (χ0v) is 24.1. The molecular formula is C28H41N3O5S. The molecule has 0 radical (unpaired) electrons. The fourth-order valence-corrected chi connectivity index (χ4v) is 5.03. The molecule has 0 unspecified atom stereocenters. The number of carbonyl (C=O) groups excluding carboxylic acids is 2. The molecule has 1 atom stereocenters. The largest absolute Gasteiger partial charge is 0.497 e. The first-order valence-corrected chi connectivity index (χ1v) is 14.3. The number of ether oxygens (including phenoxy) is 1. The van der Waals surface area contributed by atoms with Gasteiger partial charge in [0.1, 0.15) is 11.8 Å². The van der Waals surface area contributed by atoms with Crippen molar-refractivity contribution in [1.82, 2.24) is 10.2 Å². The Bertz CT molecular complexity index is 1170. The third-order valence-corrected chi connectivity index (χ3v) is 7.02. The number of sulfonamides is 1. The van der Waals surface area contributed by atoms with Crippen molar-refractivity contribution in [2.45, 2.75) is 72.5 Å². The van der Waals surface area contributed by atoms with Crippen LogP contribution in [0.4, 0.5) is 5.69 Å². The zero-order valence-electron chi connectivity index (χ0n) is 23.3. The summed E-state index contributed by atoms with van der Waals surface area (Å²) < 4.78 is 31.7. The Morgan fingerprint density at radius 3 is 2.08 bits per heavy atom. The Balaban J connectivity index is 2.22. The highest BCUT2D eigenvalue weighted by molar-refractivity contribution is 7.92. The van der Waals surface area contributed by atoms with E-state index in [0.717, 1.165) is 16.7 Å². The monoisotopic (exact) mass is 531 g/mol. The lowest BCUT2D eigenvalue weighted by atomic mass is 10.1. The maximum Gasteiger partial charge on any atom is 0.242 e. The smallest absolute Gasteiger partial charge is 0.242 e. The second-order valence-electron chi connectivity index (χ2n) is 10.6. The fourth-order valence-electron chi connectivity index (χ4n) is 4.08. The minimum Gasteiger partial charge on any atom is -0.497 e. The van der Waals surface area contributed by atoms with Crippen molar-refractivity contribution < 1.29 is 22.7 Å². The Labute approximate surface area is 222 Å². The van der Waals surface area contributed by atoms with Crippen molar-refractivity contribution in [2.75, 3.05) is 24.2 Å². The summed E-state index contributed by atoms with van der Waals surface area (Å²) in [6.07, 6.45) is 1.58. The van der Waals surface area contributed by atoms with Crippen molar-refractivity contribution in [2.24, 2.45) is 0 Å². The molecule has 0 saturated carbocycles. The molecule has 0 aromatic heterocycles. The van der Waals surface area contributed by atoms with E-state index in [-0.39, 0.29) is 31.3 Å². The molecule has 0 bridgehead atoms. The van der Waals surface area contributed by atoms with Crippen molar-refractivity contribution in [3.63, 3.8) is 0 Å². The van der Waals surface area contributed by atoms with Crippen LogP contribution in [0.2, 0.25) is 0 Å². The SMILES string of the molecule is COc1ccc(CN(C(=O)CCCN(c2cc(C)cc(C)c2)S(C)(=O)=O)[C@H](C)C(=O)NC(C)(C)C)cc1. The summed E-state index contributed by atoms with van der Waals surface area (Å²) in [5.41, 5.74) is 2.92. The number of nitrogens with one attached hydrogen (secondary N) is 1. The number of nitrogens with zero attached hydrogens (tertiary/aromatic N) is 2. The highest BCUT2D eigenvalue weighted by Gasteiger charge is 2.28. The van der Waals surface area contributed by atoms with Crippen molar-refractivity contribution in [1.29, 1.82) is 0 Å². The molecule has 1 N–H and O–H groups in total. The van der Waals surface area contributed by atoms with E-state index in [1.807, 2.05) is 77.1 Å². The van der Waals surface area contributed by atoms with Crippen LogP contribution in [0.25, 0.3) is 0 Å². The van der Waals surface area contributed by atoms with Gasteiger partial charge in [-0.2, -0.15) is 0 Å². The van der Waals surface area contributed by atoms with Crippen LogP contribution in [0.3, 0.4) is 0 Å². The molecule has 0 aliphatic rings. The van der Waals surface area contributed by atoms with E-state index < -0.39 is 21.6 Å². The molecular weight excluding hydrogens is 490 g/mol. The van der Waals surface area contributed by atoms with Crippen LogP contribution in [0.1, 0.15) is 57.2 Å². The van der Waals surface area contributed by atoms with Crippen LogP contribution in [0, 0.1) is 13.8 Å². The predicted octanol–water partition coefficient (Wildman–Crippen LogP) is 4.19. The minimum atomic E-state index is -3.54. The van der Waals surface area contributed by atoms with Crippen LogP contribution < -0.4 is 14.4 Å². The minimum absolute atomic E-state index is 0.0973. The molecule has 37 heavy (non-hydrogen) atoms. The quantitative estimate of drug-likeness (QED) is 0.469. The van der Waals surface area contributed by atoms with E-state index in [9.17, 15) is 18.0 Å². The van der Waals surface area contributed by atoms with Crippen LogP contribution >= 0.6 is 0 Å². The van der Waals surface area contributed by atoms with E-state index in [1.54, 1.807) is 18.9 Å². The lowest BCUT2D eigenvalue weighted by Crippen LogP contribution is -2.52. The average Bonchev–Trinajstić information content (AvgIpc) is 2.77. The first-order chi connectivity index (χ1) is 17.1. The van der Waals surface area contributed by atoms with Crippen molar-refractivity contribution in [3.8, 4) is 5.75 Å². The summed E-state index contributed by atoms with van der Waals surface area (Å²) in [5.74, 6) is 0.232. The number of anilines is 1. The second kappa shape index (κ2) is 12.4. The Hall–Kier alpha value is -3.07. The van der Waals surface area contributed by atoms with Gasteiger partial charge < -0.3 is 15.0 Å². The third-order valence-electron chi connectivity index (χ3n) is 5.82. The molecule has 0 aliphatic heterocycles. The van der Waals surface area contributed by atoms with E-state index >= 15 is 0 Å². The van der Waals surface area contributed by atoms with Gasteiger partial charge >= 0.3 is 0 Å². The second-order valence-corrected chi connectivity index (χ2v) is 12.5. The van der Waals surface area contributed by atoms with Gasteiger partial charge in [-0.3, -0.25) is 13.9 Å². The predicted molar refractivity (Wildman–Crippen MR) is 148 cm³/mol. The maximum atomic E-state index is 13.4. The van der Waals surface area contributed by atoms with Crippen LogP contribution in [0.5, 0.6) is 5.75 Å². The molecule has 0 fully saturated rings. The first kappa shape index (κ1) is 30.2. The highest BCUT2D eigenvalue weighted by Crippen LogP contribution is 2.22. The van der Waals surface area contributed by atoms with Gasteiger partial charge in [0.25, 0.3) is 0 Å². The van der Waals surface area contributed by atoms with Gasteiger partial charge in [-0.1, -0.05) is 18.2 Å². The number of hydrogen-bond donors (Lipinski definition) is 1. The van der Waals surface area contributed by atoms with Crippen molar-refractivity contribution in [3.05, 3.63) is 59.2 Å². The number of benzene rings is 2. The molecule has 9 heteroatoms. The van der Waals surface area contributed by atoms with Gasteiger partial charge in [0, 0.05) is 25.0 Å². The third kappa shape index (κ3) is 9.39. The van der Waals surface area contributed by atoms with E-state index in [1.165, 1.54) is 10.6 Å². The van der Waals surface area contributed by atoms with Crippen LogP contribution in [-0.2, 0) is 26.2 Å². The maximum absolute atomic E-state index is 13.4. The summed E-state index contributed by atoms with van der Waals surface area (Å²) in [6, 6.07) is 12.3. The van der Waals surface area contributed by atoms with Gasteiger partial charge in [0.2, 0.25) is 21.8 Å². The van der Waals surface area contributed by atoms with Gasteiger partial charge in [-0.25, -0.2) is 8.42 Å². The Morgan fingerprint density at radius 1 is 1.03 bits per heavy atom. The Morgan fingerprint density at radius 2 is 1.59 bits per heavy atom. The van der Waals surface area contributed by atoms with Gasteiger partial charge in [0.15, 0.2) is 0 Å². The van der Waals surface area contributed by atoms with E-state index in [4.69, 9.17) is 4.74 Å². The van der Waals surface area contributed by atoms with Gasteiger partial charge in [-0.05, 0) is 88.9 Å². The molecule has 0 spiro atoms. The lowest BCUT2D eigenvalue weighted by molar-refractivity contribution is -0.141. The molecule has 2 amide bonds. The number of aryl methyl sites for hydroxylation is 2. The average molecular weight is 532 g/mol. The van der Waals surface area contributed by atoms with Crippen LogP contribution in [-0.4, -0.2) is 56.6 Å². The molecule has 2 aromatic carbocycles. The standard InChI is InChI=1S/C28H41N3O5S/c1-20-16-21(2)18-24(17-20)31(37(8,34)35)15-9-10-26(32)30(22(3)27(33)29-28(4,5)6)19-23-11-13-25(36-7)14-12-23/h11-14,16-18,22H,9-10,15,19H2,1-8H3,(H,29,33)/t22-/m1/s1. The number of carbonyl (C=O) groups is 2. The summed E-state index contributed by atoms with van der Waals surface area (Å²) in [7, 11) is -1.96. The highest BCUT2D eigenvalue weighted by atomic mass is 32.2. The number of rotatable bonds is 11. The van der Waals surface area contributed by atoms with E-state index in [2.05, 4.69) is 5.32 Å². The molecule has 2 rings (SSSR count). The van der Waals surface area contributed by atoms with E-state index in [0.29, 0.717) is 17.9 Å². The number of methoxy groups -OCH3 is 1. The van der Waals surface area contributed by atoms with Crippen molar-refractivity contribution >= 4 is 27.5 Å². The summed E-state index contributed by atoms with van der Waals surface area (Å²) in [4.78, 5) is 27.9. The molecule has 204 valence electrons. The molecule has 0 saturated heterocycles. The molecule has 2 aromatic rings. The first-order valence-electron chi connectivity index (χ1n) is 12.4. The fraction of sp³-hybridized carbons (Fsp3) is 0.500. The Kier molecular flexibility index (Phi) is 10.1. The molecule has 0 aliphatic carbocycles. The molecule has 8 nitrogen and oxygen atoms in total. The summed E-state index contributed by atoms with van der Waals surface area (Å²) in [5, 5.41) is 2.94. The lowest BCUT2D eigenvalue weighted by Gasteiger charge is -2.32. The number of hydrogen-bond acceptors (Lipinski definition) is 5. The van der Waals surface area contributed by atoms with Gasteiger partial charge in [0.05, 0.1) is 19.1 Å². The van der Waals surface area contributed by atoms with Crippen LogP contribution in [0.15, 0.2) is 42.5 Å². The summed E-state index contributed by atoms with van der Waals surface area (Å²) in [6.45, 7) is 11.6. The number of amides is 2. The zero-order chi connectivity index (χ0) is 28.0. The topological polar surface area (TPSA) is 96.0 Å².